The number of hydrogen-bond acceptors (Lipinski definition) is 4. The Morgan fingerprint density at radius 1 is 1.12 bits per heavy atom. The first-order chi connectivity index (χ1) is 11.2. The molecular weight excluding hydrogens is 344 g/mol. The van der Waals surface area contributed by atoms with Gasteiger partial charge >= 0.3 is 0 Å². The van der Waals surface area contributed by atoms with Crippen LogP contribution in [0.4, 0.5) is 5.69 Å². The average Bonchev–Trinajstić information content (AvgIpc) is 2.54. The highest BCUT2D eigenvalue weighted by molar-refractivity contribution is 7.92. The summed E-state index contributed by atoms with van der Waals surface area (Å²) < 4.78 is 27.2. The van der Waals surface area contributed by atoms with Crippen LogP contribution in [-0.4, -0.2) is 23.7 Å². The number of nitrogens with zero attached hydrogens (tertiary/aromatic N) is 1. The quantitative estimate of drug-likeness (QED) is 0.622. The Labute approximate surface area is 147 Å². The molecule has 2 rings (SSSR count). The number of benzene rings is 2. The first kappa shape index (κ1) is 18.4. The maximum Gasteiger partial charge on any atom is 0.261 e. The van der Waals surface area contributed by atoms with E-state index in [0.717, 1.165) is 16.2 Å². The minimum absolute atomic E-state index is 0.211. The van der Waals surface area contributed by atoms with Crippen molar-refractivity contribution >= 4 is 32.9 Å². The standard InChI is InChI=1S/C17H20N2O3S2/c1-12-4-10-17(11-5-12)24(21,22)18-16-8-6-15(7-9-16)13(2)19(20)14(3)23/h4-11,13,18,20H,1-3H3. The van der Waals surface area contributed by atoms with E-state index in [-0.39, 0.29) is 10.9 Å². The lowest BCUT2D eigenvalue weighted by atomic mass is 10.1. The van der Waals surface area contributed by atoms with Crippen molar-refractivity contribution < 1.29 is 13.6 Å². The van der Waals surface area contributed by atoms with Crippen LogP contribution < -0.4 is 4.72 Å². The number of hydrogen-bond donors (Lipinski definition) is 2. The van der Waals surface area contributed by atoms with Gasteiger partial charge in [-0.2, -0.15) is 0 Å². The van der Waals surface area contributed by atoms with Crippen LogP contribution in [0.1, 0.15) is 31.0 Å². The molecule has 0 heterocycles. The third-order valence-electron chi connectivity index (χ3n) is 3.67. The number of aryl methyl sites for hydroxylation is 1. The molecule has 24 heavy (non-hydrogen) atoms. The van der Waals surface area contributed by atoms with E-state index in [0.29, 0.717) is 10.7 Å². The Bertz CT molecular complexity index is 816. The molecule has 0 spiro atoms. The van der Waals surface area contributed by atoms with E-state index < -0.39 is 10.0 Å². The average molecular weight is 364 g/mol. The summed E-state index contributed by atoms with van der Waals surface area (Å²) in [6.07, 6.45) is 0. The van der Waals surface area contributed by atoms with Gasteiger partial charge in [-0.15, -0.1) is 0 Å². The SMILES string of the molecule is CC(=S)N(O)C(C)c1ccc(NS(=O)(=O)c2ccc(C)cc2)cc1. The van der Waals surface area contributed by atoms with Crippen molar-refractivity contribution in [3.05, 3.63) is 59.7 Å². The van der Waals surface area contributed by atoms with E-state index in [2.05, 4.69) is 4.72 Å². The normalized spacial score (nSPS) is 12.5. The third kappa shape index (κ3) is 4.31. The Morgan fingerprint density at radius 3 is 2.17 bits per heavy atom. The largest absolute Gasteiger partial charge is 0.287 e. The molecule has 2 N–H and O–H groups in total. The van der Waals surface area contributed by atoms with E-state index in [1.165, 1.54) is 0 Å². The van der Waals surface area contributed by atoms with Gasteiger partial charge in [0, 0.05) is 5.69 Å². The van der Waals surface area contributed by atoms with Crippen LogP contribution in [0, 0.1) is 6.92 Å². The van der Waals surface area contributed by atoms with Crippen molar-refractivity contribution in [1.29, 1.82) is 0 Å². The number of rotatable bonds is 5. The summed E-state index contributed by atoms with van der Waals surface area (Å²) in [4.78, 5) is 0.579. The molecule has 0 fully saturated rings. The van der Waals surface area contributed by atoms with Crippen LogP contribution in [0.3, 0.4) is 0 Å². The molecule has 5 nitrogen and oxygen atoms in total. The van der Waals surface area contributed by atoms with Crippen molar-refractivity contribution in [2.75, 3.05) is 4.72 Å². The number of anilines is 1. The summed E-state index contributed by atoms with van der Waals surface area (Å²) in [5, 5.41) is 10.9. The number of nitrogens with one attached hydrogen (secondary N) is 1. The number of sulfonamides is 1. The van der Waals surface area contributed by atoms with Crippen LogP contribution in [0.15, 0.2) is 53.4 Å². The van der Waals surface area contributed by atoms with Gasteiger partial charge in [0.2, 0.25) is 0 Å². The second kappa shape index (κ2) is 7.29. The van der Waals surface area contributed by atoms with E-state index in [9.17, 15) is 13.6 Å². The molecule has 0 bridgehead atoms. The molecule has 0 aliphatic rings. The van der Waals surface area contributed by atoms with Crippen LogP contribution in [0.5, 0.6) is 0 Å². The van der Waals surface area contributed by atoms with Crippen molar-refractivity contribution in [1.82, 2.24) is 5.06 Å². The first-order valence-corrected chi connectivity index (χ1v) is 9.28. The lowest BCUT2D eigenvalue weighted by Gasteiger charge is -2.23. The molecule has 0 saturated carbocycles. The fourth-order valence-corrected chi connectivity index (χ4v) is 3.39. The van der Waals surface area contributed by atoms with E-state index in [1.807, 2.05) is 6.92 Å². The summed E-state index contributed by atoms with van der Waals surface area (Å²) in [5.41, 5.74) is 2.27. The van der Waals surface area contributed by atoms with Crippen LogP contribution in [0.25, 0.3) is 0 Å². The lowest BCUT2D eigenvalue weighted by molar-refractivity contribution is -0.0468. The molecule has 128 valence electrons. The molecule has 0 aliphatic heterocycles. The Morgan fingerprint density at radius 2 is 1.67 bits per heavy atom. The summed E-state index contributed by atoms with van der Waals surface area (Å²) in [7, 11) is -3.62. The van der Waals surface area contributed by atoms with Gasteiger partial charge in [0.05, 0.1) is 10.9 Å². The van der Waals surface area contributed by atoms with Gasteiger partial charge < -0.3 is 0 Å². The monoisotopic (exact) mass is 364 g/mol. The second-order valence-corrected chi connectivity index (χ2v) is 7.85. The molecule has 0 aromatic heterocycles. The van der Waals surface area contributed by atoms with Gasteiger partial charge in [-0.3, -0.25) is 9.93 Å². The van der Waals surface area contributed by atoms with Gasteiger partial charge in [-0.25, -0.2) is 13.5 Å². The van der Waals surface area contributed by atoms with Crippen molar-refractivity contribution in [2.45, 2.75) is 31.7 Å². The summed E-state index contributed by atoms with van der Waals surface area (Å²) in [6.45, 7) is 5.34. The van der Waals surface area contributed by atoms with E-state index in [1.54, 1.807) is 62.4 Å². The molecular formula is C17H20N2O3S2. The highest BCUT2D eigenvalue weighted by Gasteiger charge is 2.16. The molecule has 0 radical (unpaired) electrons. The van der Waals surface area contributed by atoms with Crippen molar-refractivity contribution in [2.24, 2.45) is 0 Å². The highest BCUT2D eigenvalue weighted by Crippen LogP contribution is 2.22. The van der Waals surface area contributed by atoms with Gasteiger partial charge in [0.1, 0.15) is 4.99 Å². The summed E-state index contributed by atoms with van der Waals surface area (Å²) >= 11 is 4.94. The molecule has 0 saturated heterocycles. The zero-order chi connectivity index (χ0) is 17.9. The van der Waals surface area contributed by atoms with Crippen LogP contribution in [-0.2, 0) is 10.0 Å². The Balaban J connectivity index is 2.16. The zero-order valence-electron chi connectivity index (χ0n) is 13.7. The van der Waals surface area contributed by atoms with Gasteiger partial charge in [0.15, 0.2) is 0 Å². The first-order valence-electron chi connectivity index (χ1n) is 7.39. The molecule has 2 aromatic rings. The van der Waals surface area contributed by atoms with Gasteiger partial charge in [-0.05, 0) is 50.6 Å². The van der Waals surface area contributed by atoms with Crippen molar-refractivity contribution in [3.8, 4) is 0 Å². The predicted octanol–water partition coefficient (Wildman–Crippen LogP) is 3.90. The summed E-state index contributed by atoms with van der Waals surface area (Å²) in [6, 6.07) is 13.1. The zero-order valence-corrected chi connectivity index (χ0v) is 15.4. The molecule has 0 amide bonds. The smallest absolute Gasteiger partial charge is 0.261 e. The fourth-order valence-electron chi connectivity index (χ4n) is 2.18. The highest BCUT2D eigenvalue weighted by atomic mass is 32.2. The molecule has 1 atom stereocenters. The number of hydroxylamine groups is 2. The van der Waals surface area contributed by atoms with E-state index >= 15 is 0 Å². The van der Waals surface area contributed by atoms with E-state index in [4.69, 9.17) is 12.2 Å². The molecule has 7 heteroatoms. The summed E-state index contributed by atoms with van der Waals surface area (Å²) in [5.74, 6) is 0. The fraction of sp³-hybridized carbons (Fsp3) is 0.235. The Hall–Kier alpha value is -1.96. The van der Waals surface area contributed by atoms with Gasteiger partial charge in [-0.1, -0.05) is 42.0 Å². The predicted molar refractivity (Wildman–Crippen MR) is 98.7 cm³/mol. The van der Waals surface area contributed by atoms with Crippen molar-refractivity contribution in [3.63, 3.8) is 0 Å². The topological polar surface area (TPSA) is 69.6 Å². The minimum atomic E-state index is -3.62. The minimum Gasteiger partial charge on any atom is -0.287 e. The molecule has 2 aromatic carbocycles. The van der Waals surface area contributed by atoms with Gasteiger partial charge in [0.25, 0.3) is 10.0 Å². The maximum absolute atomic E-state index is 12.4. The Kier molecular flexibility index (Phi) is 5.58. The third-order valence-corrected chi connectivity index (χ3v) is 5.25. The number of thiocarbonyl (C=S) groups is 1. The van der Waals surface area contributed by atoms with Crippen LogP contribution >= 0.6 is 12.2 Å². The molecule has 1 unspecified atom stereocenters. The molecule has 0 aliphatic carbocycles. The maximum atomic E-state index is 12.4. The second-order valence-electron chi connectivity index (χ2n) is 5.58. The lowest BCUT2D eigenvalue weighted by Crippen LogP contribution is -2.26. The van der Waals surface area contributed by atoms with Crippen LogP contribution in [0.2, 0.25) is 0 Å².